The Bertz CT molecular complexity index is 109. The van der Waals surface area contributed by atoms with E-state index in [2.05, 4.69) is 15.0 Å². The zero-order valence-corrected chi connectivity index (χ0v) is 6.04. The molecule has 1 aliphatic rings. The lowest BCUT2D eigenvalue weighted by Crippen LogP contribution is -2.27. The van der Waals surface area contributed by atoms with Crippen LogP contribution < -0.4 is 0 Å². The molecule has 0 aromatic heterocycles. The van der Waals surface area contributed by atoms with Crippen molar-refractivity contribution in [1.29, 1.82) is 0 Å². The van der Waals surface area contributed by atoms with Crippen LogP contribution in [0.2, 0.25) is 0 Å². The molecule has 1 heterocycles. The van der Waals surface area contributed by atoms with Crippen molar-refractivity contribution in [1.82, 2.24) is 9.91 Å². The molecule has 3 nitrogen and oxygen atoms in total. The standard InChI is InChI=1S/C6H13N3/c1-8(2)6-9-5-3-4-7-9/h4H,3,5-6H2,1-2H3. The lowest BCUT2D eigenvalue weighted by Gasteiger charge is -2.18. The normalized spacial score (nSPS) is 17.9. The zero-order valence-electron chi connectivity index (χ0n) is 6.04. The van der Waals surface area contributed by atoms with Crippen LogP contribution in [0.5, 0.6) is 0 Å². The third-order valence-corrected chi connectivity index (χ3v) is 1.21. The van der Waals surface area contributed by atoms with Crippen molar-refractivity contribution in [2.75, 3.05) is 27.3 Å². The van der Waals surface area contributed by atoms with Gasteiger partial charge in [-0.1, -0.05) is 0 Å². The second-order valence-electron chi connectivity index (χ2n) is 2.54. The van der Waals surface area contributed by atoms with Crippen LogP contribution in [0.25, 0.3) is 0 Å². The molecule has 52 valence electrons. The summed E-state index contributed by atoms with van der Waals surface area (Å²) < 4.78 is 0. The smallest absolute Gasteiger partial charge is 0.0874 e. The van der Waals surface area contributed by atoms with E-state index in [1.165, 1.54) is 0 Å². The Kier molecular flexibility index (Phi) is 2.05. The van der Waals surface area contributed by atoms with Crippen molar-refractivity contribution >= 4 is 6.21 Å². The summed E-state index contributed by atoms with van der Waals surface area (Å²) in [6, 6.07) is 0. The molecular formula is C6H13N3. The van der Waals surface area contributed by atoms with E-state index in [1.54, 1.807) is 0 Å². The Morgan fingerprint density at radius 2 is 2.44 bits per heavy atom. The molecule has 0 aliphatic carbocycles. The van der Waals surface area contributed by atoms with Gasteiger partial charge >= 0.3 is 0 Å². The highest BCUT2D eigenvalue weighted by molar-refractivity contribution is 5.58. The third kappa shape index (κ3) is 2.01. The van der Waals surface area contributed by atoms with Gasteiger partial charge in [-0.05, 0) is 14.1 Å². The van der Waals surface area contributed by atoms with Gasteiger partial charge in [0.2, 0.25) is 0 Å². The van der Waals surface area contributed by atoms with Crippen LogP contribution in [0.15, 0.2) is 5.10 Å². The van der Waals surface area contributed by atoms with Crippen molar-refractivity contribution in [3.05, 3.63) is 0 Å². The van der Waals surface area contributed by atoms with E-state index in [0.29, 0.717) is 0 Å². The maximum atomic E-state index is 4.14. The second-order valence-corrected chi connectivity index (χ2v) is 2.54. The Balaban J connectivity index is 2.20. The zero-order chi connectivity index (χ0) is 6.69. The minimum atomic E-state index is 0.941. The highest BCUT2D eigenvalue weighted by Gasteiger charge is 2.04. The molecule has 0 aromatic carbocycles. The topological polar surface area (TPSA) is 18.8 Å². The van der Waals surface area contributed by atoms with Crippen molar-refractivity contribution in [2.24, 2.45) is 5.10 Å². The highest BCUT2D eigenvalue weighted by atomic mass is 15.5. The molecule has 0 aromatic rings. The molecular weight excluding hydrogens is 114 g/mol. The van der Waals surface area contributed by atoms with Gasteiger partial charge in [-0.15, -0.1) is 0 Å². The van der Waals surface area contributed by atoms with Crippen molar-refractivity contribution in [3.63, 3.8) is 0 Å². The van der Waals surface area contributed by atoms with Crippen molar-refractivity contribution in [2.45, 2.75) is 6.42 Å². The summed E-state index contributed by atoms with van der Waals surface area (Å²) in [6.07, 6.45) is 3.07. The van der Waals surface area contributed by atoms with E-state index in [0.717, 1.165) is 19.6 Å². The number of hydrogen-bond donors (Lipinski definition) is 0. The molecule has 9 heavy (non-hydrogen) atoms. The number of hydrogen-bond acceptors (Lipinski definition) is 3. The van der Waals surface area contributed by atoms with Crippen LogP contribution in [-0.4, -0.2) is 43.4 Å². The van der Waals surface area contributed by atoms with Crippen LogP contribution >= 0.6 is 0 Å². The van der Waals surface area contributed by atoms with E-state index >= 15 is 0 Å². The van der Waals surface area contributed by atoms with Gasteiger partial charge in [-0.25, -0.2) is 0 Å². The summed E-state index contributed by atoms with van der Waals surface area (Å²) >= 11 is 0. The van der Waals surface area contributed by atoms with Gasteiger partial charge in [-0.2, -0.15) is 5.10 Å². The minimum Gasteiger partial charge on any atom is -0.291 e. The number of hydrazone groups is 1. The Hall–Kier alpha value is -0.570. The molecule has 1 rings (SSSR count). The van der Waals surface area contributed by atoms with Gasteiger partial charge in [-0.3, -0.25) is 9.91 Å². The predicted octanol–water partition coefficient (Wildman–Crippen LogP) is 0.197. The molecule has 0 saturated heterocycles. The Morgan fingerprint density at radius 1 is 1.67 bits per heavy atom. The molecule has 0 N–H and O–H groups in total. The fraction of sp³-hybridized carbons (Fsp3) is 0.833. The average molecular weight is 127 g/mol. The quantitative estimate of drug-likeness (QED) is 0.527. The van der Waals surface area contributed by atoms with Crippen LogP contribution in [0.3, 0.4) is 0 Å². The van der Waals surface area contributed by atoms with Crippen molar-refractivity contribution in [3.8, 4) is 0 Å². The first-order valence-corrected chi connectivity index (χ1v) is 3.21. The van der Waals surface area contributed by atoms with E-state index in [-0.39, 0.29) is 0 Å². The van der Waals surface area contributed by atoms with Crippen LogP contribution in [0, 0.1) is 0 Å². The van der Waals surface area contributed by atoms with E-state index < -0.39 is 0 Å². The van der Waals surface area contributed by atoms with Crippen LogP contribution in [0.4, 0.5) is 0 Å². The van der Waals surface area contributed by atoms with Crippen LogP contribution in [-0.2, 0) is 0 Å². The second kappa shape index (κ2) is 2.82. The molecule has 0 bridgehead atoms. The first kappa shape index (κ1) is 6.55. The maximum absolute atomic E-state index is 4.14. The molecule has 0 fully saturated rings. The monoisotopic (exact) mass is 127 g/mol. The van der Waals surface area contributed by atoms with Crippen molar-refractivity contribution < 1.29 is 0 Å². The van der Waals surface area contributed by atoms with E-state index in [1.807, 2.05) is 20.3 Å². The van der Waals surface area contributed by atoms with E-state index in [4.69, 9.17) is 0 Å². The summed E-state index contributed by atoms with van der Waals surface area (Å²) in [7, 11) is 4.10. The number of rotatable bonds is 2. The summed E-state index contributed by atoms with van der Waals surface area (Å²) in [4.78, 5) is 2.11. The Labute approximate surface area is 55.9 Å². The van der Waals surface area contributed by atoms with Gasteiger partial charge in [0.1, 0.15) is 0 Å². The number of nitrogens with zero attached hydrogens (tertiary/aromatic N) is 3. The van der Waals surface area contributed by atoms with Gasteiger partial charge in [0.25, 0.3) is 0 Å². The van der Waals surface area contributed by atoms with Gasteiger partial charge in [0.05, 0.1) is 6.67 Å². The maximum Gasteiger partial charge on any atom is 0.0874 e. The SMILES string of the molecule is CN(C)CN1CCC=N1. The summed E-state index contributed by atoms with van der Waals surface area (Å²) in [5, 5.41) is 6.20. The molecule has 0 atom stereocenters. The first-order valence-electron chi connectivity index (χ1n) is 3.21. The molecule has 0 radical (unpaired) electrons. The molecule has 0 amide bonds. The average Bonchev–Trinajstić information content (AvgIpc) is 2.15. The highest BCUT2D eigenvalue weighted by Crippen LogP contribution is 1.98. The third-order valence-electron chi connectivity index (χ3n) is 1.21. The van der Waals surface area contributed by atoms with Crippen LogP contribution in [0.1, 0.15) is 6.42 Å². The fourth-order valence-corrected chi connectivity index (χ4v) is 0.871. The molecule has 0 saturated carbocycles. The molecule has 1 aliphatic heterocycles. The summed E-state index contributed by atoms with van der Waals surface area (Å²) in [5.74, 6) is 0. The molecule has 0 unspecified atom stereocenters. The van der Waals surface area contributed by atoms with Gasteiger partial charge in [0, 0.05) is 19.2 Å². The van der Waals surface area contributed by atoms with Gasteiger partial charge < -0.3 is 0 Å². The lowest BCUT2D eigenvalue weighted by molar-refractivity contribution is 0.198. The van der Waals surface area contributed by atoms with E-state index in [9.17, 15) is 0 Å². The summed E-state index contributed by atoms with van der Waals surface area (Å²) in [5.41, 5.74) is 0. The molecule has 0 spiro atoms. The predicted molar refractivity (Wildman–Crippen MR) is 38.4 cm³/mol. The molecule has 3 heteroatoms. The lowest BCUT2D eigenvalue weighted by atomic mass is 10.5. The largest absolute Gasteiger partial charge is 0.291 e. The fourth-order valence-electron chi connectivity index (χ4n) is 0.871. The minimum absolute atomic E-state index is 0.941. The Morgan fingerprint density at radius 3 is 2.89 bits per heavy atom. The first-order chi connectivity index (χ1) is 4.29. The van der Waals surface area contributed by atoms with Gasteiger partial charge in [0.15, 0.2) is 0 Å². The summed E-state index contributed by atoms with van der Waals surface area (Å²) in [6.45, 7) is 2.02.